The Labute approximate surface area is 227 Å². The van der Waals surface area contributed by atoms with Gasteiger partial charge in [0.05, 0.1) is 11.0 Å². The van der Waals surface area contributed by atoms with Crippen molar-refractivity contribution in [3.8, 4) is 16.8 Å². The minimum Gasteiger partial charge on any atom is -0.455 e. The summed E-state index contributed by atoms with van der Waals surface area (Å²) in [6.07, 6.45) is 0. The van der Waals surface area contributed by atoms with Crippen LogP contribution in [0.2, 0.25) is 0 Å². The predicted molar refractivity (Wildman–Crippen MR) is 166 cm³/mol. The van der Waals surface area contributed by atoms with Gasteiger partial charge < -0.3 is 8.98 Å². The molecule has 6 aromatic carbocycles. The molecule has 3 heteroatoms. The molecule has 0 spiro atoms. The van der Waals surface area contributed by atoms with E-state index in [2.05, 4.69) is 126 Å². The van der Waals surface area contributed by atoms with E-state index in [4.69, 9.17) is 4.42 Å². The van der Waals surface area contributed by atoms with Crippen molar-refractivity contribution in [3.63, 3.8) is 0 Å². The molecule has 0 aliphatic heterocycles. The van der Waals surface area contributed by atoms with E-state index >= 15 is 0 Å². The number of para-hydroxylation sites is 4. The molecule has 3 heterocycles. The second-order valence-corrected chi connectivity index (χ2v) is 11.2. The van der Waals surface area contributed by atoms with Gasteiger partial charge in [-0.25, -0.2) is 0 Å². The lowest BCUT2D eigenvalue weighted by atomic mass is 10.0. The van der Waals surface area contributed by atoms with Gasteiger partial charge >= 0.3 is 0 Å². The maximum absolute atomic E-state index is 6.41. The van der Waals surface area contributed by atoms with Crippen LogP contribution in [0.25, 0.3) is 80.7 Å². The molecule has 182 valence electrons. The van der Waals surface area contributed by atoms with Crippen LogP contribution in [0.15, 0.2) is 132 Å². The van der Waals surface area contributed by atoms with Gasteiger partial charge in [0.15, 0.2) is 0 Å². The van der Waals surface area contributed by atoms with E-state index < -0.39 is 0 Å². The molecule has 0 unspecified atom stereocenters. The zero-order chi connectivity index (χ0) is 25.5. The molecule has 0 N–H and O–H groups in total. The quantitative estimate of drug-likeness (QED) is 0.224. The molecule has 39 heavy (non-hydrogen) atoms. The van der Waals surface area contributed by atoms with Crippen LogP contribution in [0.4, 0.5) is 0 Å². The number of hydrogen-bond acceptors (Lipinski definition) is 2. The number of benzene rings is 6. The first-order valence-electron chi connectivity index (χ1n) is 13.2. The van der Waals surface area contributed by atoms with Crippen LogP contribution in [0.1, 0.15) is 0 Å². The van der Waals surface area contributed by atoms with Crippen molar-refractivity contribution >= 4 is 75.3 Å². The van der Waals surface area contributed by atoms with Gasteiger partial charge in [-0.3, -0.25) is 0 Å². The Hall–Kier alpha value is -4.86. The summed E-state index contributed by atoms with van der Waals surface area (Å²) in [7, 11) is 0. The summed E-state index contributed by atoms with van der Waals surface area (Å²) in [5, 5.41) is 7.47. The topological polar surface area (TPSA) is 18.1 Å². The fourth-order valence-electron chi connectivity index (χ4n) is 6.30. The first-order valence-corrected chi connectivity index (χ1v) is 14.0. The van der Waals surface area contributed by atoms with Gasteiger partial charge in [0.2, 0.25) is 0 Å². The average Bonchev–Trinajstić information content (AvgIpc) is 3.66. The Morgan fingerprint density at radius 3 is 1.92 bits per heavy atom. The third-order valence-corrected chi connectivity index (χ3v) is 9.22. The SMILES string of the molecule is c1ccc2c(c1)oc1c(-c3cccc4c3sc3cc(-n5c6ccccc6c6ccccc65)ccc34)cccc12. The second kappa shape index (κ2) is 7.83. The highest BCUT2D eigenvalue weighted by molar-refractivity contribution is 7.26. The fourth-order valence-corrected chi connectivity index (χ4v) is 7.56. The molecule has 3 aromatic heterocycles. The molecule has 0 saturated carbocycles. The summed E-state index contributed by atoms with van der Waals surface area (Å²) in [6, 6.07) is 45.7. The summed E-state index contributed by atoms with van der Waals surface area (Å²) in [4.78, 5) is 0. The van der Waals surface area contributed by atoms with E-state index in [9.17, 15) is 0 Å². The van der Waals surface area contributed by atoms with E-state index in [1.54, 1.807) is 0 Å². The lowest BCUT2D eigenvalue weighted by Crippen LogP contribution is -1.92. The van der Waals surface area contributed by atoms with Gasteiger partial charge in [-0.2, -0.15) is 0 Å². The summed E-state index contributed by atoms with van der Waals surface area (Å²) < 4.78 is 11.4. The molecule has 0 atom stereocenters. The fraction of sp³-hybridized carbons (Fsp3) is 0. The number of nitrogens with zero attached hydrogens (tertiary/aromatic N) is 1. The van der Waals surface area contributed by atoms with Crippen molar-refractivity contribution in [1.82, 2.24) is 4.57 Å². The van der Waals surface area contributed by atoms with Crippen LogP contribution in [0, 0.1) is 0 Å². The molecule has 9 aromatic rings. The van der Waals surface area contributed by atoms with Crippen LogP contribution >= 0.6 is 11.3 Å². The third-order valence-electron chi connectivity index (χ3n) is 8.02. The lowest BCUT2D eigenvalue weighted by molar-refractivity contribution is 0.670. The van der Waals surface area contributed by atoms with Crippen molar-refractivity contribution in [3.05, 3.63) is 127 Å². The zero-order valence-electron chi connectivity index (χ0n) is 20.9. The van der Waals surface area contributed by atoms with E-state index in [1.165, 1.54) is 53.2 Å². The zero-order valence-corrected chi connectivity index (χ0v) is 21.7. The third kappa shape index (κ3) is 2.91. The van der Waals surface area contributed by atoms with Crippen LogP contribution in [-0.2, 0) is 0 Å². The Morgan fingerprint density at radius 1 is 0.487 bits per heavy atom. The van der Waals surface area contributed by atoms with Crippen molar-refractivity contribution in [2.24, 2.45) is 0 Å². The highest BCUT2D eigenvalue weighted by atomic mass is 32.1. The Morgan fingerprint density at radius 2 is 1.13 bits per heavy atom. The van der Waals surface area contributed by atoms with Crippen LogP contribution in [-0.4, -0.2) is 4.57 Å². The van der Waals surface area contributed by atoms with E-state index in [0.29, 0.717) is 0 Å². The number of furan rings is 1. The maximum atomic E-state index is 6.41. The second-order valence-electron chi connectivity index (χ2n) is 10.1. The summed E-state index contributed by atoms with van der Waals surface area (Å²) >= 11 is 1.87. The molecule has 0 saturated heterocycles. The predicted octanol–water partition coefficient (Wildman–Crippen LogP) is 10.7. The molecule has 0 aliphatic carbocycles. The number of hydrogen-bond donors (Lipinski definition) is 0. The van der Waals surface area contributed by atoms with Gasteiger partial charge in [0.25, 0.3) is 0 Å². The minimum absolute atomic E-state index is 0.930. The van der Waals surface area contributed by atoms with Crippen LogP contribution in [0.3, 0.4) is 0 Å². The molecule has 0 amide bonds. The molecule has 9 rings (SSSR count). The van der Waals surface area contributed by atoms with Crippen LogP contribution in [0.5, 0.6) is 0 Å². The van der Waals surface area contributed by atoms with Gasteiger partial charge in [0.1, 0.15) is 11.2 Å². The number of rotatable bonds is 2. The normalized spacial score (nSPS) is 12.1. The molecule has 0 radical (unpaired) electrons. The van der Waals surface area contributed by atoms with Gasteiger partial charge in [-0.15, -0.1) is 11.3 Å². The number of thiophene rings is 1. The molecular weight excluding hydrogens is 494 g/mol. The minimum atomic E-state index is 0.930. The van der Waals surface area contributed by atoms with E-state index in [1.807, 2.05) is 17.4 Å². The standard InChI is InChI=1S/C36H21NOS/c1-4-16-31-23(9-1)24-10-2-5-17-32(24)37(31)22-19-20-26-29-14-8-15-30(36(29)39-34(26)21-22)28-13-7-12-27-25-11-3-6-18-33(25)38-35(27)28/h1-21H. The smallest absolute Gasteiger partial charge is 0.143 e. The Bertz CT molecular complexity index is 2350. The van der Waals surface area contributed by atoms with Crippen molar-refractivity contribution in [2.75, 3.05) is 0 Å². The number of aromatic nitrogens is 1. The highest BCUT2D eigenvalue weighted by Crippen LogP contribution is 2.44. The lowest BCUT2D eigenvalue weighted by Gasteiger charge is -2.08. The van der Waals surface area contributed by atoms with Crippen molar-refractivity contribution in [1.29, 1.82) is 0 Å². The van der Waals surface area contributed by atoms with Gasteiger partial charge in [-0.05, 0) is 30.3 Å². The number of fused-ring (bicyclic) bond motifs is 9. The maximum Gasteiger partial charge on any atom is 0.143 e. The average molecular weight is 516 g/mol. The first-order chi connectivity index (χ1) is 19.3. The molecule has 0 fully saturated rings. The van der Waals surface area contributed by atoms with Gasteiger partial charge in [0, 0.05) is 58.5 Å². The Balaban J connectivity index is 1.30. The highest BCUT2D eigenvalue weighted by Gasteiger charge is 2.17. The van der Waals surface area contributed by atoms with Crippen LogP contribution < -0.4 is 0 Å². The molecule has 2 nitrogen and oxygen atoms in total. The monoisotopic (exact) mass is 515 g/mol. The molecule has 0 bridgehead atoms. The van der Waals surface area contributed by atoms with Gasteiger partial charge in [-0.1, -0.05) is 97.1 Å². The van der Waals surface area contributed by atoms with Crippen molar-refractivity contribution in [2.45, 2.75) is 0 Å². The molecule has 0 aliphatic rings. The van der Waals surface area contributed by atoms with E-state index in [0.717, 1.165) is 27.5 Å². The molecular formula is C36H21NOS. The first kappa shape index (κ1) is 21.1. The summed E-state index contributed by atoms with van der Waals surface area (Å²) in [6.45, 7) is 0. The Kier molecular flexibility index (Phi) is 4.24. The van der Waals surface area contributed by atoms with E-state index in [-0.39, 0.29) is 0 Å². The largest absolute Gasteiger partial charge is 0.455 e. The van der Waals surface area contributed by atoms with Crippen molar-refractivity contribution < 1.29 is 4.42 Å². The summed E-state index contributed by atoms with van der Waals surface area (Å²) in [5.74, 6) is 0. The summed E-state index contributed by atoms with van der Waals surface area (Å²) in [5.41, 5.74) is 7.90.